The van der Waals surface area contributed by atoms with Gasteiger partial charge in [-0.1, -0.05) is 26.2 Å². The van der Waals surface area contributed by atoms with Crippen LogP contribution in [0.4, 0.5) is 10.1 Å². The Bertz CT molecular complexity index is 548. The summed E-state index contributed by atoms with van der Waals surface area (Å²) in [6.45, 7) is 2.74. The second kappa shape index (κ2) is 6.65. The summed E-state index contributed by atoms with van der Waals surface area (Å²) in [4.78, 5) is 21.9. The van der Waals surface area contributed by atoms with Crippen molar-refractivity contribution in [2.75, 3.05) is 6.54 Å². The number of hydrogen-bond acceptors (Lipinski definition) is 3. The van der Waals surface area contributed by atoms with E-state index in [9.17, 15) is 19.3 Å². The first-order valence-electron chi connectivity index (χ1n) is 7.21. The van der Waals surface area contributed by atoms with Gasteiger partial charge in [-0.2, -0.15) is 4.39 Å². The molecule has 2 rings (SSSR count). The van der Waals surface area contributed by atoms with Gasteiger partial charge in [0.15, 0.2) is 0 Å². The lowest BCUT2D eigenvalue weighted by molar-refractivity contribution is -0.387. The number of benzene rings is 1. The fourth-order valence-electron chi connectivity index (χ4n) is 2.82. The summed E-state index contributed by atoms with van der Waals surface area (Å²) in [5.74, 6) is -0.312. The Kier molecular flexibility index (Phi) is 4.88. The SMILES string of the molecule is CC1CCCCC1CNC(=O)c1ccc(F)c([N+](=O)[O-])c1. The highest BCUT2D eigenvalue weighted by Gasteiger charge is 2.22. The average molecular weight is 294 g/mol. The van der Waals surface area contributed by atoms with Crippen LogP contribution in [-0.2, 0) is 0 Å². The van der Waals surface area contributed by atoms with Crippen LogP contribution >= 0.6 is 0 Å². The third kappa shape index (κ3) is 3.77. The molecule has 0 aromatic heterocycles. The fourth-order valence-corrected chi connectivity index (χ4v) is 2.82. The van der Waals surface area contributed by atoms with Crippen molar-refractivity contribution in [1.29, 1.82) is 0 Å². The summed E-state index contributed by atoms with van der Waals surface area (Å²) in [7, 11) is 0. The van der Waals surface area contributed by atoms with Gasteiger partial charge < -0.3 is 5.32 Å². The van der Waals surface area contributed by atoms with Crippen molar-refractivity contribution in [3.63, 3.8) is 0 Å². The zero-order chi connectivity index (χ0) is 15.4. The van der Waals surface area contributed by atoms with E-state index >= 15 is 0 Å². The molecule has 21 heavy (non-hydrogen) atoms. The largest absolute Gasteiger partial charge is 0.352 e. The number of hydrogen-bond donors (Lipinski definition) is 1. The molecule has 1 saturated carbocycles. The molecule has 2 unspecified atom stereocenters. The van der Waals surface area contributed by atoms with Gasteiger partial charge >= 0.3 is 5.69 Å². The third-order valence-electron chi connectivity index (χ3n) is 4.22. The van der Waals surface area contributed by atoms with E-state index in [4.69, 9.17) is 0 Å². The predicted molar refractivity (Wildman–Crippen MR) is 76.5 cm³/mol. The summed E-state index contributed by atoms with van der Waals surface area (Å²) in [6.07, 6.45) is 4.66. The van der Waals surface area contributed by atoms with Gasteiger partial charge in [0.1, 0.15) is 0 Å². The first-order valence-corrected chi connectivity index (χ1v) is 7.21. The number of carbonyl (C=O) groups excluding carboxylic acids is 1. The number of nitrogens with one attached hydrogen (secondary N) is 1. The number of rotatable bonds is 4. The number of nitrogens with zero attached hydrogens (tertiary/aromatic N) is 1. The van der Waals surface area contributed by atoms with Gasteiger partial charge in [-0.3, -0.25) is 14.9 Å². The first kappa shape index (κ1) is 15.4. The molecule has 6 heteroatoms. The van der Waals surface area contributed by atoms with Crippen LogP contribution in [0.25, 0.3) is 0 Å². The minimum atomic E-state index is -0.933. The number of nitro benzene ring substituents is 1. The Hall–Kier alpha value is -1.98. The molecule has 1 fully saturated rings. The Labute approximate surface area is 122 Å². The van der Waals surface area contributed by atoms with Gasteiger partial charge in [0.25, 0.3) is 5.91 Å². The van der Waals surface area contributed by atoms with E-state index in [0.717, 1.165) is 18.6 Å². The van der Waals surface area contributed by atoms with Gasteiger partial charge in [0.05, 0.1) is 4.92 Å². The molecule has 0 radical (unpaired) electrons. The molecule has 5 nitrogen and oxygen atoms in total. The van der Waals surface area contributed by atoms with Gasteiger partial charge in [-0.15, -0.1) is 0 Å². The molecule has 1 aromatic carbocycles. The van der Waals surface area contributed by atoms with Gasteiger partial charge in [0.2, 0.25) is 5.82 Å². The van der Waals surface area contributed by atoms with Crippen LogP contribution in [0.3, 0.4) is 0 Å². The summed E-state index contributed by atoms with van der Waals surface area (Å²) >= 11 is 0. The van der Waals surface area contributed by atoms with Crippen molar-refractivity contribution < 1.29 is 14.1 Å². The van der Waals surface area contributed by atoms with E-state index in [1.165, 1.54) is 25.3 Å². The topological polar surface area (TPSA) is 72.2 Å². The first-order chi connectivity index (χ1) is 9.99. The van der Waals surface area contributed by atoms with E-state index in [2.05, 4.69) is 12.2 Å². The maximum absolute atomic E-state index is 13.2. The molecule has 2 atom stereocenters. The van der Waals surface area contributed by atoms with Crippen molar-refractivity contribution >= 4 is 11.6 Å². The second-order valence-electron chi connectivity index (χ2n) is 5.66. The van der Waals surface area contributed by atoms with E-state index < -0.39 is 22.3 Å². The van der Waals surface area contributed by atoms with Crippen LogP contribution < -0.4 is 5.32 Å². The molecule has 1 aliphatic rings. The standard InChI is InChI=1S/C15H19FN2O3/c1-10-4-2-3-5-12(10)9-17-15(19)11-6-7-13(16)14(8-11)18(20)21/h6-8,10,12H,2-5,9H2,1H3,(H,17,19). The number of carbonyl (C=O) groups is 1. The summed E-state index contributed by atoms with van der Waals surface area (Å²) in [5.41, 5.74) is -0.555. The molecule has 0 saturated heterocycles. The molecule has 114 valence electrons. The minimum absolute atomic E-state index is 0.117. The molecule has 0 aliphatic heterocycles. The number of amides is 1. The second-order valence-corrected chi connectivity index (χ2v) is 5.66. The molecule has 1 aromatic rings. The van der Waals surface area contributed by atoms with Crippen molar-refractivity contribution in [1.82, 2.24) is 5.32 Å². The molecule has 1 amide bonds. The summed E-state index contributed by atoms with van der Waals surface area (Å²) < 4.78 is 13.2. The van der Waals surface area contributed by atoms with E-state index in [0.29, 0.717) is 18.4 Å². The number of nitro groups is 1. The smallest absolute Gasteiger partial charge is 0.305 e. The number of halogens is 1. The highest BCUT2D eigenvalue weighted by Crippen LogP contribution is 2.29. The fraction of sp³-hybridized carbons (Fsp3) is 0.533. The Balaban J connectivity index is 2.00. The van der Waals surface area contributed by atoms with E-state index in [1.807, 2.05) is 0 Å². The maximum atomic E-state index is 13.2. The zero-order valence-electron chi connectivity index (χ0n) is 12.0. The Morgan fingerprint density at radius 1 is 1.43 bits per heavy atom. The van der Waals surface area contributed by atoms with Crippen LogP contribution in [0.15, 0.2) is 18.2 Å². The summed E-state index contributed by atoms with van der Waals surface area (Å²) in [5, 5.41) is 13.5. The van der Waals surface area contributed by atoms with Crippen LogP contribution in [0.2, 0.25) is 0 Å². The molecule has 1 N–H and O–H groups in total. The van der Waals surface area contributed by atoms with E-state index in [1.54, 1.807) is 0 Å². The van der Waals surface area contributed by atoms with Gasteiger partial charge in [-0.05, 0) is 30.4 Å². The quantitative estimate of drug-likeness (QED) is 0.684. The monoisotopic (exact) mass is 294 g/mol. The molecular formula is C15H19FN2O3. The molecular weight excluding hydrogens is 275 g/mol. The molecule has 1 aliphatic carbocycles. The van der Waals surface area contributed by atoms with Gasteiger partial charge in [-0.25, -0.2) is 0 Å². The predicted octanol–water partition coefficient (Wildman–Crippen LogP) is 3.29. The van der Waals surface area contributed by atoms with Gasteiger partial charge in [0, 0.05) is 18.2 Å². The molecule has 0 spiro atoms. The Morgan fingerprint density at radius 3 is 2.81 bits per heavy atom. The Morgan fingerprint density at radius 2 is 2.14 bits per heavy atom. The van der Waals surface area contributed by atoms with Crippen molar-refractivity contribution in [3.05, 3.63) is 39.7 Å². The normalized spacial score (nSPS) is 21.8. The minimum Gasteiger partial charge on any atom is -0.352 e. The van der Waals surface area contributed by atoms with Crippen LogP contribution in [0, 0.1) is 27.8 Å². The molecule has 0 bridgehead atoms. The van der Waals surface area contributed by atoms with Crippen LogP contribution in [-0.4, -0.2) is 17.4 Å². The average Bonchev–Trinajstić information content (AvgIpc) is 2.46. The highest BCUT2D eigenvalue weighted by atomic mass is 19.1. The zero-order valence-corrected chi connectivity index (χ0v) is 12.0. The van der Waals surface area contributed by atoms with E-state index in [-0.39, 0.29) is 5.56 Å². The van der Waals surface area contributed by atoms with Crippen molar-refractivity contribution in [2.24, 2.45) is 11.8 Å². The van der Waals surface area contributed by atoms with Crippen LogP contribution in [0.1, 0.15) is 43.0 Å². The maximum Gasteiger partial charge on any atom is 0.305 e. The summed E-state index contributed by atoms with van der Waals surface area (Å²) in [6, 6.07) is 3.20. The lowest BCUT2D eigenvalue weighted by atomic mass is 9.80. The van der Waals surface area contributed by atoms with Crippen molar-refractivity contribution in [2.45, 2.75) is 32.6 Å². The third-order valence-corrected chi connectivity index (χ3v) is 4.22. The lowest BCUT2D eigenvalue weighted by Crippen LogP contribution is -2.33. The highest BCUT2D eigenvalue weighted by molar-refractivity contribution is 5.94. The van der Waals surface area contributed by atoms with Crippen molar-refractivity contribution in [3.8, 4) is 0 Å². The lowest BCUT2D eigenvalue weighted by Gasteiger charge is -2.28. The molecule has 0 heterocycles. The van der Waals surface area contributed by atoms with Crippen LogP contribution in [0.5, 0.6) is 0 Å².